The van der Waals surface area contributed by atoms with E-state index in [9.17, 15) is 19.5 Å². The Hall–Kier alpha value is -3.35. The predicted octanol–water partition coefficient (Wildman–Crippen LogP) is 3.14. The monoisotopic (exact) mass is 410 g/mol. The molecular weight excluding hydrogens is 384 g/mol. The molecule has 0 heterocycles. The second-order valence-electron chi connectivity index (χ2n) is 7.77. The molecule has 0 bridgehead atoms. The molecule has 0 radical (unpaired) electrons. The molecule has 1 aliphatic rings. The maximum absolute atomic E-state index is 12.1. The third-order valence-corrected chi connectivity index (χ3v) is 5.08. The third-order valence-electron chi connectivity index (χ3n) is 5.08. The SMILES string of the molecule is CC(C)CC(NC(=O)CNC(=O)OCC1c2ccccc2-c2ccccc21)C(=O)O. The number of carbonyl (C=O) groups is 3. The minimum atomic E-state index is -1.10. The van der Waals surface area contributed by atoms with Crippen molar-refractivity contribution >= 4 is 18.0 Å². The molecule has 0 fully saturated rings. The van der Waals surface area contributed by atoms with Crippen LogP contribution < -0.4 is 10.6 Å². The lowest BCUT2D eigenvalue weighted by molar-refractivity contribution is -0.142. The summed E-state index contributed by atoms with van der Waals surface area (Å²) in [5, 5.41) is 14.0. The Morgan fingerprint density at radius 2 is 1.57 bits per heavy atom. The third kappa shape index (κ3) is 4.97. The van der Waals surface area contributed by atoms with Crippen LogP contribution in [0.4, 0.5) is 4.79 Å². The maximum Gasteiger partial charge on any atom is 0.407 e. The summed E-state index contributed by atoms with van der Waals surface area (Å²) in [6.45, 7) is 3.54. The van der Waals surface area contributed by atoms with Crippen molar-refractivity contribution in [3.8, 4) is 11.1 Å². The van der Waals surface area contributed by atoms with E-state index >= 15 is 0 Å². The molecule has 2 aromatic rings. The van der Waals surface area contributed by atoms with Gasteiger partial charge in [0.1, 0.15) is 19.2 Å². The highest BCUT2D eigenvalue weighted by Crippen LogP contribution is 2.44. The molecule has 0 saturated carbocycles. The molecule has 7 nitrogen and oxygen atoms in total. The van der Waals surface area contributed by atoms with Crippen LogP contribution in [0.1, 0.15) is 37.3 Å². The molecule has 1 aliphatic carbocycles. The molecule has 0 aliphatic heterocycles. The smallest absolute Gasteiger partial charge is 0.407 e. The standard InChI is InChI=1S/C23H26N2O5/c1-14(2)11-20(22(27)28)25-21(26)12-24-23(29)30-13-19-17-9-5-3-7-15(17)16-8-4-6-10-18(16)19/h3-10,14,19-20H,11-13H2,1-2H3,(H,24,29)(H,25,26)(H,27,28). The average molecular weight is 410 g/mol. The molecule has 2 aromatic carbocycles. The Bertz CT molecular complexity index is 895. The van der Waals surface area contributed by atoms with Crippen molar-refractivity contribution in [1.29, 1.82) is 0 Å². The lowest BCUT2D eigenvalue weighted by Crippen LogP contribution is -2.46. The van der Waals surface area contributed by atoms with Crippen LogP contribution in [-0.4, -0.2) is 42.3 Å². The van der Waals surface area contributed by atoms with Gasteiger partial charge in [0, 0.05) is 5.92 Å². The molecule has 7 heteroatoms. The first-order chi connectivity index (χ1) is 14.4. The maximum atomic E-state index is 12.1. The first-order valence-electron chi connectivity index (χ1n) is 9.97. The Labute approximate surface area is 175 Å². The number of hydrogen-bond acceptors (Lipinski definition) is 4. The van der Waals surface area contributed by atoms with Gasteiger partial charge in [0.2, 0.25) is 5.91 Å². The van der Waals surface area contributed by atoms with E-state index in [0.717, 1.165) is 22.3 Å². The van der Waals surface area contributed by atoms with E-state index in [1.807, 2.05) is 50.2 Å². The van der Waals surface area contributed by atoms with Gasteiger partial charge in [0.05, 0.1) is 0 Å². The number of carboxylic acids is 1. The number of fused-ring (bicyclic) bond motifs is 3. The van der Waals surface area contributed by atoms with Crippen molar-refractivity contribution < 1.29 is 24.2 Å². The zero-order chi connectivity index (χ0) is 21.7. The topological polar surface area (TPSA) is 105 Å². The van der Waals surface area contributed by atoms with Gasteiger partial charge in [0.25, 0.3) is 0 Å². The van der Waals surface area contributed by atoms with Gasteiger partial charge in [-0.25, -0.2) is 9.59 Å². The number of amides is 2. The largest absolute Gasteiger partial charge is 0.480 e. The number of alkyl carbamates (subject to hydrolysis) is 1. The number of nitrogens with one attached hydrogen (secondary N) is 2. The fourth-order valence-corrected chi connectivity index (χ4v) is 3.74. The van der Waals surface area contributed by atoms with Gasteiger partial charge in [-0.15, -0.1) is 0 Å². The van der Waals surface area contributed by atoms with E-state index in [2.05, 4.69) is 22.8 Å². The van der Waals surface area contributed by atoms with Crippen molar-refractivity contribution in [3.05, 3.63) is 59.7 Å². The van der Waals surface area contributed by atoms with Crippen molar-refractivity contribution in [2.24, 2.45) is 5.92 Å². The van der Waals surface area contributed by atoms with E-state index in [1.54, 1.807) is 0 Å². The molecular formula is C23H26N2O5. The Balaban J connectivity index is 1.53. The zero-order valence-corrected chi connectivity index (χ0v) is 17.1. The Morgan fingerprint density at radius 1 is 1.00 bits per heavy atom. The predicted molar refractivity (Wildman–Crippen MR) is 112 cm³/mol. The highest BCUT2D eigenvalue weighted by atomic mass is 16.5. The highest BCUT2D eigenvalue weighted by Gasteiger charge is 2.29. The van der Waals surface area contributed by atoms with Crippen LogP contribution in [0.2, 0.25) is 0 Å². The molecule has 158 valence electrons. The van der Waals surface area contributed by atoms with Crippen molar-refractivity contribution in [2.75, 3.05) is 13.2 Å². The summed E-state index contributed by atoms with van der Waals surface area (Å²) in [6.07, 6.45) is -0.408. The zero-order valence-electron chi connectivity index (χ0n) is 17.1. The second kappa shape index (κ2) is 9.43. The van der Waals surface area contributed by atoms with Gasteiger partial charge >= 0.3 is 12.1 Å². The molecule has 0 spiro atoms. The number of carbonyl (C=O) groups excluding carboxylic acids is 2. The summed E-state index contributed by atoms with van der Waals surface area (Å²) in [5.41, 5.74) is 4.46. The first-order valence-corrected chi connectivity index (χ1v) is 9.97. The summed E-state index contributed by atoms with van der Waals surface area (Å²) in [4.78, 5) is 35.3. The molecule has 1 atom stereocenters. The lowest BCUT2D eigenvalue weighted by Gasteiger charge is -2.17. The van der Waals surface area contributed by atoms with E-state index < -0.39 is 24.0 Å². The normalized spacial score (nSPS) is 13.3. The molecule has 0 saturated heterocycles. The molecule has 30 heavy (non-hydrogen) atoms. The summed E-state index contributed by atoms with van der Waals surface area (Å²) in [7, 11) is 0. The van der Waals surface area contributed by atoms with Crippen LogP contribution in [0.15, 0.2) is 48.5 Å². The van der Waals surface area contributed by atoms with Crippen molar-refractivity contribution in [1.82, 2.24) is 10.6 Å². The average Bonchev–Trinajstić information content (AvgIpc) is 3.04. The van der Waals surface area contributed by atoms with Crippen LogP contribution in [0.3, 0.4) is 0 Å². The second-order valence-corrected chi connectivity index (χ2v) is 7.77. The summed E-state index contributed by atoms with van der Waals surface area (Å²) in [6, 6.07) is 15.0. The molecule has 3 N–H and O–H groups in total. The van der Waals surface area contributed by atoms with Crippen LogP contribution in [0, 0.1) is 5.92 Å². The van der Waals surface area contributed by atoms with E-state index in [1.165, 1.54) is 0 Å². The number of carboxylic acid groups (broad SMARTS) is 1. The quantitative estimate of drug-likeness (QED) is 0.620. The molecule has 2 amide bonds. The van der Waals surface area contributed by atoms with Gasteiger partial charge in [0.15, 0.2) is 0 Å². The summed E-state index contributed by atoms with van der Waals surface area (Å²) >= 11 is 0. The summed E-state index contributed by atoms with van der Waals surface area (Å²) in [5.74, 6) is -1.63. The van der Waals surface area contributed by atoms with Crippen LogP contribution >= 0.6 is 0 Å². The number of hydrogen-bond donors (Lipinski definition) is 3. The molecule has 0 aromatic heterocycles. The fraction of sp³-hybridized carbons (Fsp3) is 0.348. The molecule has 1 unspecified atom stereocenters. The van der Waals surface area contributed by atoms with Crippen LogP contribution in [-0.2, 0) is 14.3 Å². The molecule has 3 rings (SSSR count). The fourth-order valence-electron chi connectivity index (χ4n) is 3.74. The minimum absolute atomic E-state index is 0.0700. The van der Waals surface area contributed by atoms with Gasteiger partial charge in [-0.3, -0.25) is 4.79 Å². The van der Waals surface area contributed by atoms with Gasteiger partial charge in [-0.2, -0.15) is 0 Å². The Morgan fingerprint density at radius 3 is 2.10 bits per heavy atom. The van der Waals surface area contributed by atoms with E-state index in [-0.39, 0.29) is 25.0 Å². The van der Waals surface area contributed by atoms with E-state index in [4.69, 9.17) is 4.74 Å². The lowest BCUT2D eigenvalue weighted by atomic mass is 9.98. The number of aliphatic carboxylic acids is 1. The summed E-state index contributed by atoms with van der Waals surface area (Å²) < 4.78 is 5.36. The van der Waals surface area contributed by atoms with Gasteiger partial charge in [-0.05, 0) is 34.6 Å². The van der Waals surface area contributed by atoms with Gasteiger partial charge in [-0.1, -0.05) is 62.4 Å². The van der Waals surface area contributed by atoms with Crippen molar-refractivity contribution in [3.63, 3.8) is 0 Å². The number of benzene rings is 2. The number of rotatable bonds is 8. The van der Waals surface area contributed by atoms with E-state index in [0.29, 0.717) is 6.42 Å². The number of ether oxygens (including phenoxy) is 1. The first kappa shape index (κ1) is 21.4. The van der Waals surface area contributed by atoms with Crippen LogP contribution in [0.5, 0.6) is 0 Å². The Kier molecular flexibility index (Phi) is 6.72. The van der Waals surface area contributed by atoms with Crippen molar-refractivity contribution in [2.45, 2.75) is 32.2 Å². The highest BCUT2D eigenvalue weighted by molar-refractivity contribution is 5.86. The van der Waals surface area contributed by atoms with Gasteiger partial charge < -0.3 is 20.5 Å². The minimum Gasteiger partial charge on any atom is -0.480 e. The van der Waals surface area contributed by atoms with Crippen LogP contribution in [0.25, 0.3) is 11.1 Å².